The zero-order valence-electron chi connectivity index (χ0n) is 13.7. The van der Waals surface area contributed by atoms with E-state index in [4.69, 9.17) is 21.1 Å². The van der Waals surface area contributed by atoms with Gasteiger partial charge in [0.25, 0.3) is 5.91 Å². The smallest absolute Gasteiger partial charge is 0.351 e. The third-order valence-electron chi connectivity index (χ3n) is 3.16. The summed E-state index contributed by atoms with van der Waals surface area (Å²) in [6.07, 6.45) is -0.958. The molecule has 0 aliphatic rings. The summed E-state index contributed by atoms with van der Waals surface area (Å²) in [7, 11) is 1.50. The second-order valence-electron chi connectivity index (χ2n) is 5.03. The third kappa shape index (κ3) is 4.24. The van der Waals surface area contributed by atoms with Crippen molar-refractivity contribution in [1.82, 2.24) is 4.98 Å². The number of benzene rings is 1. The zero-order valence-corrected chi connectivity index (χ0v) is 15.2. The molecule has 0 spiro atoms. The van der Waals surface area contributed by atoms with Crippen LogP contribution in [-0.4, -0.2) is 30.1 Å². The van der Waals surface area contributed by atoms with Crippen LogP contribution >= 0.6 is 22.9 Å². The predicted octanol–water partition coefficient (Wildman–Crippen LogP) is 3.61. The standard InChI is InChI=1S/C16H17ClN2O4S/c1-8-14(24-10(3)18-8)16(21)23-9(2)15(20)19-11-5-6-13(22-4)12(17)7-11/h5-7,9H,1-4H3,(H,19,20)/t9-/m0/s1. The maximum absolute atomic E-state index is 12.2. The molecule has 0 bridgehead atoms. The van der Waals surface area contributed by atoms with Gasteiger partial charge in [0, 0.05) is 5.69 Å². The number of thiazole rings is 1. The summed E-state index contributed by atoms with van der Waals surface area (Å²) in [5.41, 5.74) is 1.08. The van der Waals surface area contributed by atoms with Crippen LogP contribution in [0.15, 0.2) is 18.2 Å². The number of nitrogens with one attached hydrogen (secondary N) is 1. The van der Waals surface area contributed by atoms with Gasteiger partial charge in [0.1, 0.15) is 10.6 Å². The molecule has 2 aromatic rings. The van der Waals surface area contributed by atoms with E-state index in [1.807, 2.05) is 0 Å². The molecule has 0 saturated heterocycles. The number of halogens is 1. The van der Waals surface area contributed by atoms with E-state index in [1.165, 1.54) is 25.4 Å². The second-order valence-corrected chi connectivity index (χ2v) is 6.64. The van der Waals surface area contributed by atoms with E-state index in [0.717, 1.165) is 5.01 Å². The molecule has 8 heteroatoms. The van der Waals surface area contributed by atoms with Crippen LogP contribution in [0.2, 0.25) is 5.02 Å². The maximum Gasteiger partial charge on any atom is 0.351 e. The average Bonchev–Trinajstić information content (AvgIpc) is 2.86. The minimum absolute atomic E-state index is 0.371. The van der Waals surface area contributed by atoms with Gasteiger partial charge in [-0.15, -0.1) is 11.3 Å². The molecule has 1 aromatic heterocycles. The van der Waals surface area contributed by atoms with Crippen molar-refractivity contribution in [3.63, 3.8) is 0 Å². The van der Waals surface area contributed by atoms with Crippen LogP contribution in [0.3, 0.4) is 0 Å². The Morgan fingerprint density at radius 3 is 2.58 bits per heavy atom. The van der Waals surface area contributed by atoms with Crippen LogP contribution in [0.4, 0.5) is 5.69 Å². The Labute approximate surface area is 148 Å². The molecule has 1 heterocycles. The van der Waals surface area contributed by atoms with E-state index in [9.17, 15) is 9.59 Å². The van der Waals surface area contributed by atoms with Crippen molar-refractivity contribution >= 4 is 40.5 Å². The van der Waals surface area contributed by atoms with Crippen molar-refractivity contribution in [3.8, 4) is 5.75 Å². The van der Waals surface area contributed by atoms with Crippen molar-refractivity contribution in [2.24, 2.45) is 0 Å². The molecule has 1 atom stereocenters. The largest absolute Gasteiger partial charge is 0.495 e. The number of carbonyl (C=O) groups is 2. The summed E-state index contributed by atoms with van der Waals surface area (Å²) in [5.74, 6) is -0.512. The molecular formula is C16H17ClN2O4S. The minimum Gasteiger partial charge on any atom is -0.495 e. The summed E-state index contributed by atoms with van der Waals surface area (Å²) in [6, 6.07) is 4.84. The lowest BCUT2D eigenvalue weighted by atomic mass is 10.2. The molecule has 0 aliphatic carbocycles. The highest BCUT2D eigenvalue weighted by Crippen LogP contribution is 2.27. The van der Waals surface area contributed by atoms with Crippen LogP contribution in [0, 0.1) is 13.8 Å². The fourth-order valence-electron chi connectivity index (χ4n) is 1.98. The molecule has 1 aromatic carbocycles. The first-order chi connectivity index (χ1) is 11.3. The molecule has 0 radical (unpaired) electrons. The monoisotopic (exact) mass is 368 g/mol. The SMILES string of the molecule is COc1ccc(NC(=O)[C@H](C)OC(=O)c2sc(C)nc2C)cc1Cl. The Morgan fingerprint density at radius 1 is 1.33 bits per heavy atom. The Hall–Kier alpha value is -2.12. The quantitative estimate of drug-likeness (QED) is 0.816. The third-order valence-corrected chi connectivity index (χ3v) is 4.51. The van der Waals surface area contributed by atoms with Gasteiger partial charge in [0.05, 0.1) is 22.8 Å². The van der Waals surface area contributed by atoms with E-state index in [-0.39, 0.29) is 0 Å². The van der Waals surface area contributed by atoms with Crippen molar-refractivity contribution in [2.75, 3.05) is 12.4 Å². The van der Waals surface area contributed by atoms with Crippen molar-refractivity contribution < 1.29 is 19.1 Å². The molecule has 1 N–H and O–H groups in total. The number of rotatable bonds is 5. The first-order valence-electron chi connectivity index (χ1n) is 7.11. The van der Waals surface area contributed by atoms with Crippen molar-refractivity contribution in [3.05, 3.63) is 38.8 Å². The van der Waals surface area contributed by atoms with E-state index in [2.05, 4.69) is 10.3 Å². The fraction of sp³-hybridized carbons (Fsp3) is 0.312. The number of amides is 1. The molecule has 24 heavy (non-hydrogen) atoms. The van der Waals surface area contributed by atoms with Crippen LogP contribution in [-0.2, 0) is 9.53 Å². The molecule has 6 nitrogen and oxygen atoms in total. The summed E-state index contributed by atoms with van der Waals surface area (Å²) >= 11 is 7.25. The van der Waals surface area contributed by atoms with Crippen LogP contribution < -0.4 is 10.1 Å². The van der Waals surface area contributed by atoms with Gasteiger partial charge in [0.2, 0.25) is 0 Å². The minimum atomic E-state index is -0.958. The van der Waals surface area contributed by atoms with Gasteiger partial charge in [-0.2, -0.15) is 0 Å². The molecule has 0 fully saturated rings. The van der Waals surface area contributed by atoms with Crippen molar-refractivity contribution in [1.29, 1.82) is 0 Å². The molecule has 2 rings (SSSR count). The summed E-state index contributed by atoms with van der Waals surface area (Å²) in [4.78, 5) is 28.8. The predicted molar refractivity (Wildman–Crippen MR) is 93.1 cm³/mol. The number of methoxy groups -OCH3 is 1. The zero-order chi connectivity index (χ0) is 17.9. The highest BCUT2D eigenvalue weighted by atomic mass is 35.5. The fourth-order valence-corrected chi connectivity index (χ4v) is 3.04. The topological polar surface area (TPSA) is 77.5 Å². The van der Waals surface area contributed by atoms with E-state index in [1.54, 1.807) is 32.0 Å². The number of aromatic nitrogens is 1. The van der Waals surface area contributed by atoms with E-state index >= 15 is 0 Å². The van der Waals surface area contributed by atoms with Gasteiger partial charge in [0.15, 0.2) is 6.10 Å². The van der Waals surface area contributed by atoms with Gasteiger partial charge >= 0.3 is 5.97 Å². The molecule has 0 aliphatic heterocycles. The normalized spacial score (nSPS) is 11.7. The lowest BCUT2D eigenvalue weighted by Crippen LogP contribution is -2.30. The maximum atomic E-state index is 12.2. The van der Waals surface area contributed by atoms with Crippen LogP contribution in [0.5, 0.6) is 5.75 Å². The molecule has 128 valence electrons. The van der Waals surface area contributed by atoms with Gasteiger partial charge in [-0.05, 0) is 39.0 Å². The Balaban J connectivity index is 2.00. The number of carbonyl (C=O) groups excluding carboxylic acids is 2. The molecule has 0 unspecified atom stereocenters. The lowest BCUT2D eigenvalue weighted by Gasteiger charge is -2.14. The number of nitrogens with zero attached hydrogens (tertiary/aromatic N) is 1. The Morgan fingerprint density at radius 2 is 2.04 bits per heavy atom. The highest BCUT2D eigenvalue weighted by molar-refractivity contribution is 7.13. The summed E-state index contributed by atoms with van der Waals surface area (Å²) < 4.78 is 10.2. The number of aryl methyl sites for hydroxylation is 2. The van der Waals surface area contributed by atoms with Crippen molar-refractivity contribution in [2.45, 2.75) is 26.9 Å². The molecule has 0 saturated carbocycles. The first-order valence-corrected chi connectivity index (χ1v) is 8.30. The van der Waals surface area contributed by atoms with Gasteiger partial charge < -0.3 is 14.8 Å². The average molecular weight is 369 g/mol. The summed E-state index contributed by atoms with van der Waals surface area (Å²) in [6.45, 7) is 5.03. The molecule has 1 amide bonds. The van der Waals surface area contributed by atoms with Crippen LogP contribution in [0.1, 0.15) is 27.3 Å². The Kier molecular flexibility index (Phi) is 5.80. The van der Waals surface area contributed by atoms with Gasteiger partial charge in [-0.1, -0.05) is 11.6 Å². The number of hydrogen-bond donors (Lipinski definition) is 1. The Bertz CT molecular complexity index is 775. The number of hydrogen-bond acceptors (Lipinski definition) is 6. The number of anilines is 1. The van der Waals surface area contributed by atoms with E-state index in [0.29, 0.717) is 27.0 Å². The lowest BCUT2D eigenvalue weighted by molar-refractivity contribution is -0.123. The molecular weight excluding hydrogens is 352 g/mol. The van der Waals surface area contributed by atoms with Gasteiger partial charge in [-0.25, -0.2) is 9.78 Å². The van der Waals surface area contributed by atoms with Gasteiger partial charge in [-0.3, -0.25) is 4.79 Å². The first kappa shape index (κ1) is 18.2. The highest BCUT2D eigenvalue weighted by Gasteiger charge is 2.22. The van der Waals surface area contributed by atoms with E-state index < -0.39 is 18.0 Å². The number of ether oxygens (including phenoxy) is 2. The number of esters is 1. The van der Waals surface area contributed by atoms with Crippen LogP contribution in [0.25, 0.3) is 0 Å². The summed E-state index contributed by atoms with van der Waals surface area (Å²) in [5, 5.41) is 3.78. The second kappa shape index (κ2) is 7.63.